The van der Waals surface area contributed by atoms with Crippen molar-refractivity contribution in [1.29, 1.82) is 0 Å². The average molecular weight is 347 g/mol. The Morgan fingerprint density at radius 1 is 1.38 bits per heavy atom. The first-order valence-corrected chi connectivity index (χ1v) is 8.23. The molecule has 3 rings (SSSR count). The van der Waals surface area contributed by atoms with Crippen LogP contribution in [0.1, 0.15) is 6.42 Å². The summed E-state index contributed by atoms with van der Waals surface area (Å²) in [6, 6.07) is 5.23. The summed E-state index contributed by atoms with van der Waals surface area (Å²) >= 11 is 1.34. The zero-order valence-corrected chi connectivity index (χ0v) is 14.1. The fraction of sp³-hybridized carbons (Fsp3) is 0.312. The normalized spacial score (nSPS) is 17.0. The lowest BCUT2D eigenvalue weighted by Gasteiger charge is -2.20. The average Bonchev–Trinajstić information content (AvgIpc) is 3.23. The summed E-state index contributed by atoms with van der Waals surface area (Å²) in [5, 5.41) is 5.05. The molecule has 1 atom stereocenters. The molecule has 0 saturated carbocycles. The van der Waals surface area contributed by atoms with Gasteiger partial charge in [0.1, 0.15) is 11.5 Å². The number of amides is 2. The van der Waals surface area contributed by atoms with Gasteiger partial charge in [0.25, 0.3) is 0 Å². The van der Waals surface area contributed by atoms with Crippen LogP contribution in [0.2, 0.25) is 0 Å². The first-order valence-electron chi connectivity index (χ1n) is 7.35. The number of rotatable bonds is 5. The van der Waals surface area contributed by atoms with Gasteiger partial charge in [-0.05, 0) is 12.1 Å². The maximum Gasteiger partial charge on any atom is 0.231 e. The molecule has 0 bridgehead atoms. The molecule has 0 aliphatic carbocycles. The van der Waals surface area contributed by atoms with Gasteiger partial charge in [-0.3, -0.25) is 9.59 Å². The summed E-state index contributed by atoms with van der Waals surface area (Å²) in [5.74, 6) is 0.417. The largest absolute Gasteiger partial charge is 0.497 e. The van der Waals surface area contributed by atoms with Crippen LogP contribution >= 0.6 is 11.3 Å². The van der Waals surface area contributed by atoms with E-state index in [0.717, 1.165) is 0 Å². The summed E-state index contributed by atoms with van der Waals surface area (Å²) in [6.45, 7) is 0.291. The van der Waals surface area contributed by atoms with Gasteiger partial charge in [-0.2, -0.15) is 0 Å². The van der Waals surface area contributed by atoms with Crippen molar-refractivity contribution >= 4 is 34.0 Å². The summed E-state index contributed by atoms with van der Waals surface area (Å²) in [5.41, 5.74) is 0.603. The van der Waals surface area contributed by atoms with E-state index in [1.807, 2.05) is 0 Å². The Hall–Kier alpha value is -2.61. The molecule has 126 valence electrons. The number of methoxy groups -OCH3 is 2. The molecule has 1 saturated heterocycles. The molecule has 24 heavy (non-hydrogen) atoms. The zero-order valence-electron chi connectivity index (χ0n) is 13.3. The minimum absolute atomic E-state index is 0.124. The van der Waals surface area contributed by atoms with Gasteiger partial charge < -0.3 is 19.7 Å². The third-order valence-electron chi connectivity index (χ3n) is 3.84. The number of anilines is 2. The first kappa shape index (κ1) is 16.3. The predicted molar refractivity (Wildman–Crippen MR) is 90.7 cm³/mol. The maximum absolute atomic E-state index is 12.4. The van der Waals surface area contributed by atoms with Crippen molar-refractivity contribution in [2.75, 3.05) is 31.0 Å². The minimum atomic E-state index is -0.433. The van der Waals surface area contributed by atoms with Gasteiger partial charge in [-0.25, -0.2) is 4.98 Å². The number of thiazole rings is 1. The van der Waals surface area contributed by atoms with Gasteiger partial charge in [0.15, 0.2) is 5.13 Å². The molecule has 1 aliphatic heterocycles. The lowest BCUT2D eigenvalue weighted by atomic mass is 10.1. The van der Waals surface area contributed by atoms with Crippen LogP contribution in [0.25, 0.3) is 0 Å². The summed E-state index contributed by atoms with van der Waals surface area (Å²) in [7, 11) is 3.10. The highest BCUT2D eigenvalue weighted by molar-refractivity contribution is 7.13. The standard InChI is InChI=1S/C16H17N3O4S/c1-22-11-3-4-13(23-2)12(8-11)19-9-10(7-14(19)20)15(21)18-16-17-5-6-24-16/h3-6,8,10H,7,9H2,1-2H3,(H,17,18,21)/t10-/m1/s1. The van der Waals surface area contributed by atoms with Crippen molar-refractivity contribution in [3.05, 3.63) is 29.8 Å². The van der Waals surface area contributed by atoms with Crippen LogP contribution in [0.15, 0.2) is 29.8 Å². The van der Waals surface area contributed by atoms with Gasteiger partial charge in [0.05, 0.1) is 25.8 Å². The molecule has 8 heteroatoms. The van der Waals surface area contributed by atoms with E-state index in [9.17, 15) is 9.59 Å². The third-order valence-corrected chi connectivity index (χ3v) is 4.52. The number of hydrogen-bond donors (Lipinski definition) is 1. The van der Waals surface area contributed by atoms with Crippen LogP contribution in [0.5, 0.6) is 11.5 Å². The molecule has 7 nitrogen and oxygen atoms in total. The molecule has 2 amide bonds. The van der Waals surface area contributed by atoms with Crippen molar-refractivity contribution < 1.29 is 19.1 Å². The SMILES string of the molecule is COc1ccc(OC)c(N2C[C@H](C(=O)Nc3nccs3)CC2=O)c1. The number of carbonyl (C=O) groups excluding carboxylic acids is 2. The van der Waals surface area contributed by atoms with E-state index < -0.39 is 5.92 Å². The lowest BCUT2D eigenvalue weighted by molar-refractivity contribution is -0.122. The lowest BCUT2D eigenvalue weighted by Crippen LogP contribution is -2.28. The molecule has 1 aromatic heterocycles. The Morgan fingerprint density at radius 3 is 2.88 bits per heavy atom. The summed E-state index contributed by atoms with van der Waals surface area (Å²) < 4.78 is 10.5. The van der Waals surface area contributed by atoms with Crippen molar-refractivity contribution in [3.63, 3.8) is 0 Å². The van der Waals surface area contributed by atoms with Gasteiger partial charge >= 0.3 is 0 Å². The Morgan fingerprint density at radius 2 is 2.21 bits per heavy atom. The summed E-state index contributed by atoms with van der Waals surface area (Å²) in [6.07, 6.45) is 1.77. The number of hydrogen-bond acceptors (Lipinski definition) is 6. The third kappa shape index (κ3) is 3.18. The monoisotopic (exact) mass is 347 g/mol. The number of carbonyl (C=O) groups is 2. The predicted octanol–water partition coefficient (Wildman–Crippen LogP) is 2.15. The highest BCUT2D eigenvalue weighted by Gasteiger charge is 2.36. The molecular formula is C16H17N3O4S. The van der Waals surface area contributed by atoms with Crippen LogP contribution < -0.4 is 19.7 Å². The van der Waals surface area contributed by atoms with E-state index in [-0.39, 0.29) is 18.2 Å². The van der Waals surface area contributed by atoms with Crippen LogP contribution in [0.4, 0.5) is 10.8 Å². The van der Waals surface area contributed by atoms with E-state index >= 15 is 0 Å². The highest BCUT2D eigenvalue weighted by Crippen LogP contribution is 2.36. The topological polar surface area (TPSA) is 80.8 Å². The Bertz CT molecular complexity index is 748. The molecule has 1 N–H and O–H groups in total. The minimum Gasteiger partial charge on any atom is -0.497 e. The number of nitrogens with zero attached hydrogens (tertiary/aromatic N) is 2. The molecule has 0 radical (unpaired) electrons. The second-order valence-electron chi connectivity index (χ2n) is 5.27. The Balaban J connectivity index is 1.78. The fourth-order valence-corrected chi connectivity index (χ4v) is 3.15. The maximum atomic E-state index is 12.4. The second kappa shape index (κ2) is 6.88. The number of aromatic nitrogens is 1. The molecule has 1 aromatic carbocycles. The van der Waals surface area contributed by atoms with Crippen molar-refractivity contribution in [1.82, 2.24) is 4.98 Å². The number of nitrogens with one attached hydrogen (secondary N) is 1. The first-order chi connectivity index (χ1) is 11.6. The van der Waals surface area contributed by atoms with Crippen molar-refractivity contribution in [3.8, 4) is 11.5 Å². The molecule has 1 aliphatic rings. The molecule has 0 unspecified atom stereocenters. The zero-order chi connectivity index (χ0) is 17.1. The molecule has 0 spiro atoms. The van der Waals surface area contributed by atoms with Crippen molar-refractivity contribution in [2.45, 2.75) is 6.42 Å². The van der Waals surface area contributed by atoms with Crippen LogP contribution in [0.3, 0.4) is 0 Å². The smallest absolute Gasteiger partial charge is 0.231 e. The van der Waals surface area contributed by atoms with E-state index in [1.54, 1.807) is 48.9 Å². The van der Waals surface area contributed by atoms with Crippen LogP contribution in [-0.2, 0) is 9.59 Å². The van der Waals surface area contributed by atoms with E-state index in [4.69, 9.17) is 9.47 Å². The van der Waals surface area contributed by atoms with Crippen molar-refractivity contribution in [2.24, 2.45) is 5.92 Å². The van der Waals surface area contributed by atoms with E-state index in [0.29, 0.717) is 28.9 Å². The van der Waals surface area contributed by atoms with Crippen LogP contribution in [0, 0.1) is 5.92 Å². The Kier molecular flexibility index (Phi) is 4.66. The van der Waals surface area contributed by atoms with Gasteiger partial charge in [-0.15, -0.1) is 11.3 Å². The van der Waals surface area contributed by atoms with Gasteiger partial charge in [0.2, 0.25) is 11.8 Å². The quantitative estimate of drug-likeness (QED) is 0.896. The molecular weight excluding hydrogens is 330 g/mol. The fourth-order valence-electron chi connectivity index (χ4n) is 2.62. The van der Waals surface area contributed by atoms with Gasteiger partial charge in [-0.1, -0.05) is 0 Å². The number of benzene rings is 1. The van der Waals surface area contributed by atoms with E-state index in [1.165, 1.54) is 11.3 Å². The molecule has 2 aromatic rings. The van der Waals surface area contributed by atoms with Crippen LogP contribution in [-0.4, -0.2) is 37.6 Å². The Labute approximate surface area is 143 Å². The molecule has 2 heterocycles. The highest BCUT2D eigenvalue weighted by atomic mass is 32.1. The molecule has 1 fully saturated rings. The number of ether oxygens (including phenoxy) is 2. The van der Waals surface area contributed by atoms with E-state index in [2.05, 4.69) is 10.3 Å². The second-order valence-corrected chi connectivity index (χ2v) is 6.16. The summed E-state index contributed by atoms with van der Waals surface area (Å²) in [4.78, 5) is 30.3. The van der Waals surface area contributed by atoms with Gasteiger partial charge in [0, 0.05) is 30.6 Å².